The molecule has 2 rings (SSSR count). The normalized spacial score (nSPS) is 44.9. The Labute approximate surface area is 60.6 Å². The van der Waals surface area contributed by atoms with Crippen LogP contribution in [0.15, 0.2) is 0 Å². The smallest absolute Gasteiger partial charge is 0.167 e. The van der Waals surface area contributed by atoms with Crippen LogP contribution in [0, 0.1) is 0 Å². The number of Topliss-reactive ketones (excluding diaryl/α,β-unsaturated/α-hetero) is 1. The van der Waals surface area contributed by atoms with E-state index < -0.39 is 0 Å². The Balaban J connectivity index is 2.12. The first-order valence-electron chi connectivity index (χ1n) is 4.01. The summed E-state index contributed by atoms with van der Waals surface area (Å²) in [4.78, 5) is 11.2. The lowest BCUT2D eigenvalue weighted by molar-refractivity contribution is -0.121. The average molecular weight is 140 g/mol. The molecule has 2 unspecified atom stereocenters. The topological polar surface area (TPSA) is 29.6 Å². The lowest BCUT2D eigenvalue weighted by Crippen LogP contribution is -2.19. The maximum absolute atomic E-state index is 11.2. The van der Waals surface area contributed by atoms with E-state index in [1.54, 1.807) is 0 Å². The van der Waals surface area contributed by atoms with Gasteiger partial charge in [0.1, 0.15) is 0 Å². The predicted molar refractivity (Wildman–Crippen MR) is 36.8 cm³/mol. The second-order valence-electron chi connectivity index (χ2n) is 3.18. The Morgan fingerprint density at radius 1 is 1.80 bits per heavy atom. The number of rotatable bonds is 1. The highest BCUT2D eigenvalue weighted by Gasteiger charge is 2.62. The van der Waals surface area contributed by atoms with Gasteiger partial charge in [0.15, 0.2) is 11.4 Å². The standard InChI is InChI=1S/C8H12O2/c1-2-7-8(10-7)5-3-4-6(8)9/h7H,2-5H2,1H3. The van der Waals surface area contributed by atoms with E-state index in [-0.39, 0.29) is 11.7 Å². The maximum atomic E-state index is 11.2. The monoisotopic (exact) mass is 140 g/mol. The van der Waals surface area contributed by atoms with E-state index in [1.165, 1.54) is 0 Å². The molecule has 2 heteroatoms. The number of hydrogen-bond donors (Lipinski definition) is 0. The van der Waals surface area contributed by atoms with Crippen LogP contribution in [0.5, 0.6) is 0 Å². The van der Waals surface area contributed by atoms with Gasteiger partial charge in [-0.15, -0.1) is 0 Å². The molecule has 1 saturated carbocycles. The fourth-order valence-electron chi connectivity index (χ4n) is 1.96. The Morgan fingerprint density at radius 3 is 3.00 bits per heavy atom. The average Bonchev–Trinajstić information content (AvgIpc) is 2.52. The number of hydrogen-bond acceptors (Lipinski definition) is 2. The molecule has 0 bridgehead atoms. The van der Waals surface area contributed by atoms with Crippen LogP contribution in [0.3, 0.4) is 0 Å². The maximum Gasteiger partial charge on any atom is 0.167 e. The molecule has 0 aromatic heterocycles. The van der Waals surface area contributed by atoms with Crippen LogP contribution >= 0.6 is 0 Å². The summed E-state index contributed by atoms with van der Waals surface area (Å²) < 4.78 is 5.38. The summed E-state index contributed by atoms with van der Waals surface area (Å²) in [6.45, 7) is 2.07. The van der Waals surface area contributed by atoms with Crippen molar-refractivity contribution >= 4 is 5.78 Å². The zero-order valence-corrected chi connectivity index (χ0v) is 6.22. The van der Waals surface area contributed by atoms with Gasteiger partial charge in [-0.05, 0) is 19.3 Å². The van der Waals surface area contributed by atoms with E-state index in [0.717, 1.165) is 25.7 Å². The molecule has 0 radical (unpaired) electrons. The van der Waals surface area contributed by atoms with Gasteiger partial charge in [0.05, 0.1) is 6.10 Å². The van der Waals surface area contributed by atoms with E-state index in [1.807, 2.05) is 0 Å². The zero-order chi connectivity index (χ0) is 7.19. The summed E-state index contributed by atoms with van der Waals surface area (Å²) in [5, 5.41) is 0. The highest BCUT2D eigenvalue weighted by molar-refractivity contribution is 5.92. The molecule has 2 fully saturated rings. The Hall–Kier alpha value is -0.370. The third-order valence-corrected chi connectivity index (χ3v) is 2.61. The van der Waals surface area contributed by atoms with Crippen LogP contribution in [0.4, 0.5) is 0 Å². The largest absolute Gasteiger partial charge is 0.358 e. The van der Waals surface area contributed by atoms with Crippen LogP contribution in [0.25, 0.3) is 0 Å². The molecule has 1 aliphatic heterocycles. The van der Waals surface area contributed by atoms with Crippen LogP contribution < -0.4 is 0 Å². The van der Waals surface area contributed by atoms with Crippen molar-refractivity contribution in [3.63, 3.8) is 0 Å². The minimum Gasteiger partial charge on any atom is -0.358 e. The van der Waals surface area contributed by atoms with E-state index in [2.05, 4.69) is 6.92 Å². The van der Waals surface area contributed by atoms with Gasteiger partial charge in [0, 0.05) is 6.42 Å². The molecule has 2 aliphatic rings. The van der Waals surface area contributed by atoms with Gasteiger partial charge in [-0.2, -0.15) is 0 Å². The van der Waals surface area contributed by atoms with Crippen molar-refractivity contribution in [2.45, 2.75) is 44.3 Å². The third-order valence-electron chi connectivity index (χ3n) is 2.61. The molecule has 1 heterocycles. The van der Waals surface area contributed by atoms with Crippen molar-refractivity contribution in [2.24, 2.45) is 0 Å². The highest BCUT2D eigenvalue weighted by atomic mass is 16.6. The van der Waals surface area contributed by atoms with E-state index >= 15 is 0 Å². The van der Waals surface area contributed by atoms with Gasteiger partial charge >= 0.3 is 0 Å². The number of carbonyl (C=O) groups excluding carboxylic acids is 1. The molecule has 1 spiro atoms. The van der Waals surface area contributed by atoms with Crippen molar-refractivity contribution in [3.05, 3.63) is 0 Å². The molecular weight excluding hydrogens is 128 g/mol. The minimum atomic E-state index is -0.269. The molecule has 1 saturated heterocycles. The number of epoxide rings is 1. The molecule has 2 nitrogen and oxygen atoms in total. The molecule has 56 valence electrons. The summed E-state index contributed by atoms with van der Waals surface area (Å²) in [5.41, 5.74) is -0.269. The molecule has 0 aromatic carbocycles. The molecule has 0 aromatic rings. The van der Waals surface area contributed by atoms with Crippen molar-refractivity contribution < 1.29 is 9.53 Å². The SMILES string of the molecule is CCC1OC12CCCC2=O. The minimum absolute atomic E-state index is 0.266. The van der Waals surface area contributed by atoms with Gasteiger partial charge in [-0.3, -0.25) is 4.79 Å². The van der Waals surface area contributed by atoms with Crippen LogP contribution in [-0.2, 0) is 9.53 Å². The predicted octanol–water partition coefficient (Wildman–Crippen LogP) is 1.29. The van der Waals surface area contributed by atoms with Crippen molar-refractivity contribution in [3.8, 4) is 0 Å². The van der Waals surface area contributed by atoms with Crippen molar-refractivity contribution in [2.75, 3.05) is 0 Å². The van der Waals surface area contributed by atoms with E-state index in [0.29, 0.717) is 5.78 Å². The molecule has 2 atom stereocenters. The number of carbonyl (C=O) groups is 1. The van der Waals surface area contributed by atoms with Crippen LogP contribution in [0.1, 0.15) is 32.6 Å². The lowest BCUT2D eigenvalue weighted by Gasteiger charge is -1.96. The molecule has 10 heavy (non-hydrogen) atoms. The van der Waals surface area contributed by atoms with Gasteiger partial charge < -0.3 is 4.74 Å². The molecule has 1 aliphatic carbocycles. The Kier molecular flexibility index (Phi) is 1.15. The van der Waals surface area contributed by atoms with Gasteiger partial charge in [0.2, 0.25) is 0 Å². The second-order valence-corrected chi connectivity index (χ2v) is 3.18. The number of ether oxygens (including phenoxy) is 1. The summed E-state index contributed by atoms with van der Waals surface area (Å²) in [7, 11) is 0. The summed E-state index contributed by atoms with van der Waals surface area (Å²) in [6.07, 6.45) is 4.02. The molecule has 0 N–H and O–H groups in total. The zero-order valence-electron chi connectivity index (χ0n) is 6.22. The Morgan fingerprint density at radius 2 is 2.60 bits per heavy atom. The van der Waals surface area contributed by atoms with Crippen molar-refractivity contribution in [1.29, 1.82) is 0 Å². The third kappa shape index (κ3) is 0.601. The number of ketones is 1. The summed E-state index contributed by atoms with van der Waals surface area (Å²) in [5.74, 6) is 0.347. The van der Waals surface area contributed by atoms with E-state index in [9.17, 15) is 4.79 Å². The van der Waals surface area contributed by atoms with E-state index in [4.69, 9.17) is 4.74 Å². The second kappa shape index (κ2) is 1.82. The quantitative estimate of drug-likeness (QED) is 0.513. The van der Waals surface area contributed by atoms with Gasteiger partial charge in [0.25, 0.3) is 0 Å². The first kappa shape index (κ1) is 6.35. The molecular formula is C8H12O2. The van der Waals surface area contributed by atoms with Crippen molar-refractivity contribution in [1.82, 2.24) is 0 Å². The van der Waals surface area contributed by atoms with Crippen LogP contribution in [-0.4, -0.2) is 17.5 Å². The summed E-state index contributed by atoms with van der Waals surface area (Å²) >= 11 is 0. The van der Waals surface area contributed by atoms with Gasteiger partial charge in [-0.1, -0.05) is 6.92 Å². The highest BCUT2D eigenvalue weighted by Crippen LogP contribution is 2.48. The molecule has 0 amide bonds. The lowest BCUT2D eigenvalue weighted by atomic mass is 10.0. The fourth-order valence-corrected chi connectivity index (χ4v) is 1.96. The first-order valence-corrected chi connectivity index (χ1v) is 4.01. The summed E-state index contributed by atoms with van der Waals surface area (Å²) in [6, 6.07) is 0. The fraction of sp³-hybridized carbons (Fsp3) is 0.875. The first-order chi connectivity index (χ1) is 4.79. The van der Waals surface area contributed by atoms with Crippen LogP contribution in [0.2, 0.25) is 0 Å². The Bertz CT molecular complexity index is 176. The van der Waals surface area contributed by atoms with Gasteiger partial charge in [-0.25, -0.2) is 0 Å².